The van der Waals surface area contributed by atoms with Gasteiger partial charge >= 0.3 is 0 Å². The summed E-state index contributed by atoms with van der Waals surface area (Å²) in [5.41, 5.74) is 1.07. The second kappa shape index (κ2) is 3.26. The van der Waals surface area contributed by atoms with Gasteiger partial charge in [-0.15, -0.1) is 0 Å². The van der Waals surface area contributed by atoms with Gasteiger partial charge in [-0.25, -0.2) is 0 Å². The summed E-state index contributed by atoms with van der Waals surface area (Å²) in [6, 6.07) is 5.73. The van der Waals surface area contributed by atoms with Crippen molar-refractivity contribution in [1.29, 1.82) is 0 Å². The molecule has 1 aliphatic heterocycles. The van der Waals surface area contributed by atoms with Crippen LogP contribution in [0, 0.1) is 0 Å². The first-order valence-electron chi connectivity index (χ1n) is 4.36. The fourth-order valence-corrected chi connectivity index (χ4v) is 1.41. The lowest BCUT2D eigenvalue weighted by Gasteiger charge is -2.00. The van der Waals surface area contributed by atoms with E-state index in [2.05, 4.69) is 0 Å². The van der Waals surface area contributed by atoms with Crippen molar-refractivity contribution in [3.8, 4) is 11.5 Å². The summed E-state index contributed by atoms with van der Waals surface area (Å²) in [5, 5.41) is 8.75. The number of aliphatic hydroxyl groups excluding tert-OH is 1. The topological polar surface area (TPSA) is 38.7 Å². The zero-order valence-corrected chi connectivity index (χ0v) is 7.49. The predicted molar refractivity (Wildman–Crippen MR) is 47.9 cm³/mol. The Morgan fingerprint density at radius 3 is 2.85 bits per heavy atom. The smallest absolute Gasteiger partial charge is 0.238 e. The SMILES string of the molecule is C[C@H]1Oc2ccc(CCO)cc2O1. The molecular formula is C10H12O3. The zero-order valence-electron chi connectivity index (χ0n) is 7.49. The second-order valence-corrected chi connectivity index (χ2v) is 3.06. The van der Waals surface area contributed by atoms with Gasteiger partial charge in [-0.2, -0.15) is 0 Å². The Morgan fingerprint density at radius 2 is 2.08 bits per heavy atom. The van der Waals surface area contributed by atoms with Crippen molar-refractivity contribution in [1.82, 2.24) is 0 Å². The Balaban J connectivity index is 2.24. The highest BCUT2D eigenvalue weighted by molar-refractivity contribution is 5.44. The Morgan fingerprint density at radius 1 is 1.31 bits per heavy atom. The molecule has 1 aromatic rings. The third kappa shape index (κ3) is 1.60. The maximum absolute atomic E-state index is 8.75. The first-order chi connectivity index (χ1) is 6.29. The third-order valence-electron chi connectivity index (χ3n) is 1.99. The van der Waals surface area contributed by atoms with Crippen molar-refractivity contribution in [2.75, 3.05) is 6.61 Å². The van der Waals surface area contributed by atoms with Crippen LogP contribution in [0.4, 0.5) is 0 Å². The highest BCUT2D eigenvalue weighted by Gasteiger charge is 2.19. The molecule has 0 fully saturated rings. The highest BCUT2D eigenvalue weighted by Crippen LogP contribution is 2.35. The van der Waals surface area contributed by atoms with Crippen molar-refractivity contribution in [3.05, 3.63) is 23.8 Å². The minimum absolute atomic E-state index is 0.162. The van der Waals surface area contributed by atoms with Crippen LogP contribution in [0.3, 0.4) is 0 Å². The Bertz CT molecular complexity index is 309. The standard InChI is InChI=1S/C10H12O3/c1-7-12-9-3-2-8(4-5-11)6-10(9)13-7/h2-3,6-7,11H,4-5H2,1H3/t7-/m0/s1. The second-order valence-electron chi connectivity index (χ2n) is 3.06. The van der Waals surface area contributed by atoms with Gasteiger partial charge in [-0.1, -0.05) is 6.07 Å². The van der Waals surface area contributed by atoms with Crippen LogP contribution < -0.4 is 9.47 Å². The molecule has 0 unspecified atom stereocenters. The van der Waals surface area contributed by atoms with Crippen molar-refractivity contribution in [2.45, 2.75) is 19.6 Å². The summed E-state index contributed by atoms with van der Waals surface area (Å²) in [6.45, 7) is 2.01. The lowest BCUT2D eigenvalue weighted by molar-refractivity contribution is 0.0678. The molecule has 2 rings (SSSR count). The lowest BCUT2D eigenvalue weighted by Crippen LogP contribution is -2.11. The fourth-order valence-electron chi connectivity index (χ4n) is 1.41. The van der Waals surface area contributed by atoms with Gasteiger partial charge in [0.05, 0.1) is 0 Å². The molecule has 0 radical (unpaired) electrons. The van der Waals surface area contributed by atoms with E-state index >= 15 is 0 Å². The monoisotopic (exact) mass is 180 g/mol. The van der Waals surface area contributed by atoms with E-state index in [1.54, 1.807) is 0 Å². The van der Waals surface area contributed by atoms with E-state index < -0.39 is 0 Å². The molecule has 0 saturated heterocycles. The van der Waals surface area contributed by atoms with Gasteiger partial charge in [0.15, 0.2) is 11.5 Å². The lowest BCUT2D eigenvalue weighted by atomic mass is 10.1. The average Bonchev–Trinajstić information content (AvgIpc) is 2.44. The summed E-state index contributed by atoms with van der Waals surface area (Å²) in [7, 11) is 0. The number of hydrogen-bond donors (Lipinski definition) is 1. The molecule has 0 saturated carbocycles. The van der Waals surface area contributed by atoms with E-state index in [9.17, 15) is 0 Å². The molecule has 1 aliphatic rings. The highest BCUT2D eigenvalue weighted by atomic mass is 16.7. The molecule has 0 aromatic heterocycles. The summed E-state index contributed by atoms with van der Waals surface area (Å²) >= 11 is 0. The molecule has 70 valence electrons. The number of fused-ring (bicyclic) bond motifs is 1. The molecule has 0 bridgehead atoms. The van der Waals surface area contributed by atoms with Crippen LogP contribution in [-0.2, 0) is 6.42 Å². The Kier molecular flexibility index (Phi) is 2.10. The quantitative estimate of drug-likeness (QED) is 0.746. The van der Waals surface area contributed by atoms with E-state index in [1.807, 2.05) is 25.1 Å². The number of ether oxygens (including phenoxy) is 2. The minimum Gasteiger partial charge on any atom is -0.451 e. The van der Waals surface area contributed by atoms with Crippen LogP contribution in [0.15, 0.2) is 18.2 Å². The first kappa shape index (κ1) is 8.38. The molecule has 3 heteroatoms. The van der Waals surface area contributed by atoms with Crippen molar-refractivity contribution < 1.29 is 14.6 Å². The number of hydrogen-bond acceptors (Lipinski definition) is 3. The van der Waals surface area contributed by atoms with Gasteiger partial charge in [0.25, 0.3) is 0 Å². The summed E-state index contributed by atoms with van der Waals surface area (Å²) in [4.78, 5) is 0. The molecule has 0 aliphatic carbocycles. The maximum Gasteiger partial charge on any atom is 0.238 e. The van der Waals surface area contributed by atoms with Crippen LogP contribution in [-0.4, -0.2) is 18.0 Å². The van der Waals surface area contributed by atoms with Crippen LogP contribution >= 0.6 is 0 Å². The molecule has 1 N–H and O–H groups in total. The molecule has 3 nitrogen and oxygen atoms in total. The molecule has 1 aromatic carbocycles. The van der Waals surface area contributed by atoms with E-state index in [1.165, 1.54) is 0 Å². The van der Waals surface area contributed by atoms with Crippen LogP contribution in [0.1, 0.15) is 12.5 Å². The van der Waals surface area contributed by atoms with E-state index in [0.29, 0.717) is 6.42 Å². The summed E-state index contributed by atoms with van der Waals surface area (Å²) in [6.07, 6.45) is 0.463. The van der Waals surface area contributed by atoms with Crippen molar-refractivity contribution in [3.63, 3.8) is 0 Å². The molecule has 1 atom stereocenters. The normalized spacial score (nSPS) is 19.1. The van der Waals surface area contributed by atoms with Gasteiger partial charge in [0.1, 0.15) is 0 Å². The van der Waals surface area contributed by atoms with Gasteiger partial charge in [-0.05, 0) is 24.1 Å². The van der Waals surface area contributed by atoms with Gasteiger partial charge in [0, 0.05) is 13.5 Å². The molecular weight excluding hydrogens is 168 g/mol. The Labute approximate surface area is 76.9 Å². The summed E-state index contributed by atoms with van der Waals surface area (Å²) in [5.74, 6) is 1.56. The van der Waals surface area contributed by atoms with Crippen molar-refractivity contribution in [2.24, 2.45) is 0 Å². The minimum atomic E-state index is -0.195. The number of rotatable bonds is 2. The predicted octanol–water partition coefficient (Wildman–Crippen LogP) is 1.34. The molecule has 0 spiro atoms. The number of benzene rings is 1. The average molecular weight is 180 g/mol. The van der Waals surface area contributed by atoms with Crippen LogP contribution in [0.25, 0.3) is 0 Å². The van der Waals surface area contributed by atoms with E-state index in [0.717, 1.165) is 17.1 Å². The molecule has 1 heterocycles. The number of aliphatic hydroxyl groups is 1. The summed E-state index contributed by atoms with van der Waals surface area (Å²) < 4.78 is 10.7. The van der Waals surface area contributed by atoms with E-state index in [4.69, 9.17) is 14.6 Å². The van der Waals surface area contributed by atoms with Gasteiger partial charge in [0.2, 0.25) is 6.29 Å². The van der Waals surface area contributed by atoms with Crippen LogP contribution in [0.5, 0.6) is 11.5 Å². The Hall–Kier alpha value is -1.22. The maximum atomic E-state index is 8.75. The zero-order chi connectivity index (χ0) is 9.26. The van der Waals surface area contributed by atoms with Crippen LogP contribution in [0.2, 0.25) is 0 Å². The fraction of sp³-hybridized carbons (Fsp3) is 0.400. The van der Waals surface area contributed by atoms with E-state index in [-0.39, 0.29) is 12.9 Å². The van der Waals surface area contributed by atoms with Gasteiger partial charge < -0.3 is 14.6 Å². The third-order valence-corrected chi connectivity index (χ3v) is 1.99. The van der Waals surface area contributed by atoms with Crippen molar-refractivity contribution >= 4 is 0 Å². The largest absolute Gasteiger partial charge is 0.451 e. The molecule has 13 heavy (non-hydrogen) atoms. The van der Waals surface area contributed by atoms with Gasteiger partial charge in [-0.3, -0.25) is 0 Å². The molecule has 0 amide bonds. The first-order valence-corrected chi connectivity index (χ1v) is 4.36.